The van der Waals surface area contributed by atoms with Crippen molar-refractivity contribution >= 4 is 17.2 Å². The first-order chi connectivity index (χ1) is 12.1. The average Bonchev–Trinajstić information content (AvgIpc) is 3.14. The Morgan fingerprint density at radius 1 is 1.36 bits per heavy atom. The molecular formula is C18H22N2O4S. The highest BCUT2D eigenvalue weighted by molar-refractivity contribution is 7.10. The van der Waals surface area contributed by atoms with E-state index in [1.165, 1.54) is 4.88 Å². The Morgan fingerprint density at radius 3 is 2.84 bits per heavy atom. The van der Waals surface area contributed by atoms with Crippen LogP contribution >= 0.6 is 11.3 Å². The summed E-state index contributed by atoms with van der Waals surface area (Å²) in [5, 5.41) is 5.04. The minimum Gasteiger partial charge on any atom is -0.493 e. The van der Waals surface area contributed by atoms with Crippen molar-refractivity contribution in [1.29, 1.82) is 0 Å². The van der Waals surface area contributed by atoms with Crippen molar-refractivity contribution in [3.63, 3.8) is 0 Å². The van der Waals surface area contributed by atoms with Crippen LogP contribution in [0.2, 0.25) is 0 Å². The number of hydrogen-bond donors (Lipinski definition) is 1. The van der Waals surface area contributed by atoms with E-state index in [0.29, 0.717) is 42.6 Å². The van der Waals surface area contributed by atoms with Crippen molar-refractivity contribution in [3.8, 4) is 17.2 Å². The molecule has 3 rings (SSSR count). The predicted octanol–water partition coefficient (Wildman–Crippen LogP) is 2.56. The SMILES string of the molecule is COc1cc(C(=O)NCC(c2cccs2)N(C)C)cc2c1OCCO2. The summed E-state index contributed by atoms with van der Waals surface area (Å²) in [4.78, 5) is 15.9. The molecule has 1 atom stereocenters. The van der Waals surface area contributed by atoms with Gasteiger partial charge in [0.05, 0.1) is 13.2 Å². The van der Waals surface area contributed by atoms with Crippen molar-refractivity contribution in [1.82, 2.24) is 10.2 Å². The van der Waals surface area contributed by atoms with Gasteiger partial charge in [-0.25, -0.2) is 0 Å². The van der Waals surface area contributed by atoms with Crippen LogP contribution in [0.1, 0.15) is 21.3 Å². The third-order valence-corrected chi connectivity index (χ3v) is 5.01. The van der Waals surface area contributed by atoms with Crippen LogP contribution in [-0.2, 0) is 0 Å². The summed E-state index contributed by atoms with van der Waals surface area (Å²) in [5.41, 5.74) is 0.491. The van der Waals surface area contributed by atoms with Gasteiger partial charge in [0.2, 0.25) is 5.75 Å². The smallest absolute Gasteiger partial charge is 0.251 e. The number of nitrogens with zero attached hydrogens (tertiary/aromatic N) is 1. The lowest BCUT2D eigenvalue weighted by molar-refractivity contribution is 0.0940. The number of carbonyl (C=O) groups excluding carboxylic acids is 1. The molecule has 6 nitrogen and oxygen atoms in total. The summed E-state index contributed by atoms with van der Waals surface area (Å²) >= 11 is 1.68. The molecule has 0 radical (unpaired) electrons. The second-order valence-electron chi connectivity index (χ2n) is 5.91. The molecule has 1 aliphatic rings. The van der Waals surface area contributed by atoms with Crippen LogP contribution in [0.5, 0.6) is 17.2 Å². The molecule has 1 unspecified atom stereocenters. The predicted molar refractivity (Wildman–Crippen MR) is 97.1 cm³/mol. The molecule has 0 bridgehead atoms. The summed E-state index contributed by atoms with van der Waals surface area (Å²) in [5.74, 6) is 1.43. The summed E-state index contributed by atoms with van der Waals surface area (Å²) in [7, 11) is 5.56. The highest BCUT2D eigenvalue weighted by atomic mass is 32.1. The van der Waals surface area contributed by atoms with Gasteiger partial charge in [-0.3, -0.25) is 4.79 Å². The number of amides is 1. The Balaban J connectivity index is 1.75. The summed E-state index contributed by atoms with van der Waals surface area (Å²) in [6.07, 6.45) is 0. The van der Waals surface area contributed by atoms with Crippen LogP contribution in [0.15, 0.2) is 29.6 Å². The number of fused-ring (bicyclic) bond motifs is 1. The molecule has 1 aromatic heterocycles. The highest BCUT2D eigenvalue weighted by Crippen LogP contribution is 2.40. The van der Waals surface area contributed by atoms with E-state index in [1.807, 2.05) is 25.5 Å². The normalized spacial score (nSPS) is 14.2. The number of nitrogens with one attached hydrogen (secondary N) is 1. The van der Waals surface area contributed by atoms with Gasteiger partial charge in [0.1, 0.15) is 13.2 Å². The molecule has 1 N–H and O–H groups in total. The van der Waals surface area contributed by atoms with Crippen LogP contribution in [-0.4, -0.2) is 51.8 Å². The second kappa shape index (κ2) is 7.76. The summed E-state index contributed by atoms with van der Waals surface area (Å²) < 4.78 is 16.5. The van der Waals surface area contributed by atoms with Gasteiger partial charge in [-0.15, -0.1) is 11.3 Å². The van der Waals surface area contributed by atoms with Crippen molar-refractivity contribution in [3.05, 3.63) is 40.1 Å². The van der Waals surface area contributed by atoms with E-state index in [0.717, 1.165) is 0 Å². The quantitative estimate of drug-likeness (QED) is 0.856. The maximum atomic E-state index is 12.6. The highest BCUT2D eigenvalue weighted by Gasteiger charge is 2.22. The topological polar surface area (TPSA) is 60.0 Å². The molecule has 2 heterocycles. The summed E-state index contributed by atoms with van der Waals surface area (Å²) in [6, 6.07) is 7.60. The van der Waals surface area contributed by atoms with Crippen LogP contribution in [0.3, 0.4) is 0 Å². The molecule has 25 heavy (non-hydrogen) atoms. The van der Waals surface area contributed by atoms with Gasteiger partial charge in [0.15, 0.2) is 11.5 Å². The second-order valence-corrected chi connectivity index (χ2v) is 6.89. The fourth-order valence-corrected chi connectivity index (χ4v) is 3.64. The van der Waals surface area contributed by atoms with Gasteiger partial charge >= 0.3 is 0 Å². The lowest BCUT2D eigenvalue weighted by Gasteiger charge is -2.24. The van der Waals surface area contributed by atoms with Crippen LogP contribution in [0, 0.1) is 0 Å². The monoisotopic (exact) mass is 362 g/mol. The van der Waals surface area contributed by atoms with Gasteiger partial charge < -0.3 is 24.4 Å². The van der Waals surface area contributed by atoms with Crippen LogP contribution in [0.4, 0.5) is 0 Å². The van der Waals surface area contributed by atoms with E-state index in [9.17, 15) is 4.79 Å². The molecule has 0 saturated carbocycles. The first-order valence-corrected chi connectivity index (χ1v) is 8.93. The molecule has 0 fully saturated rings. The molecule has 0 spiro atoms. The van der Waals surface area contributed by atoms with Gasteiger partial charge in [-0.05, 0) is 37.7 Å². The zero-order valence-electron chi connectivity index (χ0n) is 14.6. The van der Waals surface area contributed by atoms with Crippen LogP contribution in [0.25, 0.3) is 0 Å². The lowest BCUT2D eigenvalue weighted by atomic mass is 10.1. The Labute approximate surface area is 151 Å². The van der Waals surface area contributed by atoms with Crippen LogP contribution < -0.4 is 19.5 Å². The molecule has 134 valence electrons. The lowest BCUT2D eigenvalue weighted by Crippen LogP contribution is -2.34. The molecule has 0 aliphatic carbocycles. The zero-order chi connectivity index (χ0) is 17.8. The molecule has 2 aromatic rings. The number of hydrogen-bond acceptors (Lipinski definition) is 6. The minimum absolute atomic E-state index is 0.128. The molecule has 7 heteroatoms. The van der Waals surface area contributed by atoms with Gasteiger partial charge in [0, 0.05) is 17.0 Å². The number of benzene rings is 1. The summed E-state index contributed by atoms with van der Waals surface area (Å²) in [6.45, 7) is 1.45. The molecule has 1 aromatic carbocycles. The van der Waals surface area contributed by atoms with Crippen molar-refractivity contribution in [2.75, 3.05) is 41.0 Å². The number of methoxy groups -OCH3 is 1. The van der Waals surface area contributed by atoms with Crippen molar-refractivity contribution < 1.29 is 19.0 Å². The maximum Gasteiger partial charge on any atom is 0.251 e. The first kappa shape index (κ1) is 17.6. The molecule has 1 amide bonds. The third kappa shape index (κ3) is 3.88. The van der Waals surface area contributed by atoms with Crippen molar-refractivity contribution in [2.24, 2.45) is 0 Å². The molecule has 0 saturated heterocycles. The maximum absolute atomic E-state index is 12.6. The van der Waals surface area contributed by atoms with Gasteiger partial charge in [-0.2, -0.15) is 0 Å². The van der Waals surface area contributed by atoms with Crippen molar-refractivity contribution in [2.45, 2.75) is 6.04 Å². The number of ether oxygens (including phenoxy) is 3. The number of likely N-dealkylation sites (N-methyl/N-ethyl adjacent to an activating group) is 1. The Bertz CT molecular complexity index is 714. The average molecular weight is 362 g/mol. The zero-order valence-corrected chi connectivity index (χ0v) is 15.4. The standard InChI is InChI=1S/C18H22N2O4S/c1-20(2)13(16-5-4-8-25-16)11-19-18(21)12-9-14(22-3)17-15(10-12)23-6-7-24-17/h4-5,8-10,13H,6-7,11H2,1-3H3,(H,19,21). The number of carbonyl (C=O) groups is 1. The van der Waals surface area contributed by atoms with Gasteiger partial charge in [0.25, 0.3) is 5.91 Å². The van der Waals surface area contributed by atoms with E-state index in [1.54, 1.807) is 30.6 Å². The van der Waals surface area contributed by atoms with Gasteiger partial charge in [-0.1, -0.05) is 6.07 Å². The Morgan fingerprint density at radius 2 is 2.16 bits per heavy atom. The fraction of sp³-hybridized carbons (Fsp3) is 0.389. The molecular weight excluding hydrogens is 340 g/mol. The van der Waals surface area contributed by atoms with E-state index < -0.39 is 0 Å². The Hall–Kier alpha value is -2.25. The largest absolute Gasteiger partial charge is 0.493 e. The van der Waals surface area contributed by atoms with E-state index >= 15 is 0 Å². The Kier molecular flexibility index (Phi) is 5.45. The minimum atomic E-state index is -0.168. The fourth-order valence-electron chi connectivity index (χ4n) is 2.71. The van der Waals surface area contributed by atoms with E-state index in [-0.39, 0.29) is 11.9 Å². The number of rotatable bonds is 6. The first-order valence-electron chi connectivity index (χ1n) is 8.06. The number of thiophene rings is 1. The van der Waals surface area contributed by atoms with E-state index in [4.69, 9.17) is 14.2 Å². The van der Waals surface area contributed by atoms with E-state index in [2.05, 4.69) is 16.3 Å². The molecule has 1 aliphatic heterocycles. The third-order valence-electron chi connectivity index (χ3n) is 4.04.